The maximum Gasteiger partial charge on any atom is 0.325 e. The van der Waals surface area contributed by atoms with E-state index in [1.165, 1.54) is 17.1 Å². The molecule has 3 amide bonds. The monoisotopic (exact) mass is 281 g/mol. The summed E-state index contributed by atoms with van der Waals surface area (Å²) in [7, 11) is 1.68. The first-order chi connectivity index (χ1) is 9.45. The Morgan fingerprint density at radius 1 is 1.55 bits per heavy atom. The minimum Gasteiger partial charge on any atom is -0.480 e. The summed E-state index contributed by atoms with van der Waals surface area (Å²) in [5, 5.41) is 17.4. The van der Waals surface area contributed by atoms with Gasteiger partial charge in [0.25, 0.3) is 0 Å². The zero-order chi connectivity index (χ0) is 14.7. The van der Waals surface area contributed by atoms with E-state index < -0.39 is 18.0 Å². The first-order valence-electron chi connectivity index (χ1n) is 6.02. The summed E-state index contributed by atoms with van der Waals surface area (Å²) < 4.78 is 1.19. The van der Waals surface area contributed by atoms with Gasteiger partial charge in [-0.25, -0.2) is 4.79 Å². The first-order valence-corrected chi connectivity index (χ1v) is 6.02. The van der Waals surface area contributed by atoms with Crippen LogP contribution in [0.5, 0.6) is 0 Å². The highest BCUT2D eigenvalue weighted by Gasteiger charge is 2.30. The molecule has 1 aliphatic rings. The van der Waals surface area contributed by atoms with Gasteiger partial charge in [0.05, 0.1) is 11.9 Å². The van der Waals surface area contributed by atoms with Gasteiger partial charge in [-0.2, -0.15) is 5.10 Å². The fourth-order valence-electron chi connectivity index (χ4n) is 1.93. The van der Waals surface area contributed by atoms with Gasteiger partial charge >= 0.3 is 12.0 Å². The summed E-state index contributed by atoms with van der Waals surface area (Å²) in [4.78, 5) is 35.4. The van der Waals surface area contributed by atoms with Crippen molar-refractivity contribution >= 4 is 23.6 Å². The molecule has 1 saturated heterocycles. The van der Waals surface area contributed by atoms with E-state index in [9.17, 15) is 14.4 Å². The van der Waals surface area contributed by atoms with Crippen molar-refractivity contribution in [2.24, 2.45) is 0 Å². The van der Waals surface area contributed by atoms with E-state index in [4.69, 9.17) is 5.11 Å². The molecular formula is C11H15N5O4. The fourth-order valence-corrected chi connectivity index (χ4v) is 1.93. The third-order valence-electron chi connectivity index (χ3n) is 2.92. The number of carboxylic acid groups (broad SMARTS) is 1. The predicted molar refractivity (Wildman–Crippen MR) is 68.1 cm³/mol. The van der Waals surface area contributed by atoms with Crippen LogP contribution in [-0.4, -0.2) is 57.3 Å². The number of amides is 3. The number of hydrogen-bond acceptors (Lipinski definition) is 4. The first kappa shape index (κ1) is 13.8. The Labute approximate surface area is 114 Å². The van der Waals surface area contributed by atoms with Gasteiger partial charge in [0.15, 0.2) is 0 Å². The number of hydrogen-bond donors (Lipinski definition) is 3. The van der Waals surface area contributed by atoms with Crippen molar-refractivity contribution in [2.45, 2.75) is 19.0 Å². The van der Waals surface area contributed by atoms with E-state index in [0.29, 0.717) is 18.7 Å². The summed E-state index contributed by atoms with van der Waals surface area (Å²) in [5.41, 5.74) is 0.363. The zero-order valence-corrected chi connectivity index (χ0v) is 10.9. The molecule has 108 valence electrons. The van der Waals surface area contributed by atoms with Crippen molar-refractivity contribution in [3.8, 4) is 0 Å². The number of carboxylic acids is 1. The van der Waals surface area contributed by atoms with Gasteiger partial charge in [-0.15, -0.1) is 0 Å². The Kier molecular flexibility index (Phi) is 3.87. The molecule has 0 spiro atoms. The molecule has 0 bridgehead atoms. The molecule has 2 heterocycles. The Morgan fingerprint density at radius 2 is 2.30 bits per heavy atom. The molecule has 1 aliphatic heterocycles. The molecule has 9 nitrogen and oxygen atoms in total. The maximum absolute atomic E-state index is 11.7. The van der Waals surface area contributed by atoms with Gasteiger partial charge in [-0.1, -0.05) is 0 Å². The summed E-state index contributed by atoms with van der Waals surface area (Å²) in [6, 6.07) is -1.04. The van der Waals surface area contributed by atoms with Crippen LogP contribution in [0.15, 0.2) is 12.4 Å². The second-order valence-corrected chi connectivity index (χ2v) is 4.52. The average Bonchev–Trinajstić information content (AvgIpc) is 2.90. The van der Waals surface area contributed by atoms with Crippen LogP contribution in [0.2, 0.25) is 0 Å². The number of aliphatic carboxylic acids is 1. The van der Waals surface area contributed by atoms with Crippen molar-refractivity contribution < 1.29 is 19.5 Å². The lowest BCUT2D eigenvalue weighted by Gasteiger charge is -2.12. The number of aromatic nitrogens is 2. The molecule has 1 aromatic heterocycles. The summed E-state index contributed by atoms with van der Waals surface area (Å²) >= 11 is 0. The lowest BCUT2D eigenvalue weighted by molar-refractivity contribution is -0.137. The van der Waals surface area contributed by atoms with Crippen LogP contribution in [0.4, 0.5) is 10.5 Å². The molecular weight excluding hydrogens is 266 g/mol. The maximum atomic E-state index is 11.7. The zero-order valence-electron chi connectivity index (χ0n) is 10.9. The molecule has 1 atom stereocenters. The van der Waals surface area contributed by atoms with E-state index in [0.717, 1.165) is 0 Å². The van der Waals surface area contributed by atoms with Crippen molar-refractivity contribution in [2.75, 3.05) is 18.9 Å². The highest BCUT2D eigenvalue weighted by molar-refractivity contribution is 5.94. The lowest BCUT2D eigenvalue weighted by Crippen LogP contribution is -2.42. The Morgan fingerprint density at radius 3 is 2.90 bits per heavy atom. The number of nitrogens with zero attached hydrogens (tertiary/aromatic N) is 3. The highest BCUT2D eigenvalue weighted by atomic mass is 16.4. The van der Waals surface area contributed by atoms with Gasteiger partial charge in [-0.05, 0) is 6.42 Å². The van der Waals surface area contributed by atoms with Gasteiger partial charge in [-0.3, -0.25) is 14.3 Å². The average molecular weight is 281 g/mol. The van der Waals surface area contributed by atoms with E-state index in [-0.39, 0.29) is 12.5 Å². The van der Waals surface area contributed by atoms with Crippen LogP contribution in [0.1, 0.15) is 6.42 Å². The molecule has 1 fully saturated rings. The summed E-state index contributed by atoms with van der Waals surface area (Å²) in [6.07, 6.45) is 3.31. The quantitative estimate of drug-likeness (QED) is 0.676. The lowest BCUT2D eigenvalue weighted by atomic mass is 10.2. The highest BCUT2D eigenvalue weighted by Crippen LogP contribution is 2.09. The number of carbonyl (C=O) groups is 3. The standard InChI is InChI=1S/C11H15N5O4/c1-15-3-2-8(10(15)19)14-11(20)13-7-4-12-16(5-7)6-9(17)18/h4-5,8H,2-3,6H2,1H3,(H,17,18)(H2,13,14,20). The number of carbonyl (C=O) groups excluding carboxylic acids is 2. The largest absolute Gasteiger partial charge is 0.480 e. The van der Waals surface area contributed by atoms with E-state index >= 15 is 0 Å². The Bertz CT molecular complexity index is 541. The van der Waals surface area contributed by atoms with Crippen molar-refractivity contribution in [3.63, 3.8) is 0 Å². The molecule has 2 rings (SSSR count). The molecule has 0 aromatic carbocycles. The van der Waals surface area contributed by atoms with Crippen LogP contribution in [-0.2, 0) is 16.1 Å². The van der Waals surface area contributed by atoms with Crippen LogP contribution in [0.3, 0.4) is 0 Å². The third-order valence-corrected chi connectivity index (χ3v) is 2.92. The number of rotatable bonds is 4. The smallest absolute Gasteiger partial charge is 0.325 e. The van der Waals surface area contributed by atoms with Gasteiger partial charge in [0, 0.05) is 19.8 Å². The number of likely N-dealkylation sites (tertiary alicyclic amines) is 1. The van der Waals surface area contributed by atoms with Gasteiger partial charge in [0.1, 0.15) is 12.6 Å². The third kappa shape index (κ3) is 3.25. The van der Waals surface area contributed by atoms with E-state index in [1.807, 2.05) is 0 Å². The predicted octanol–water partition coefficient (Wildman–Crippen LogP) is -0.680. The fraction of sp³-hybridized carbons (Fsp3) is 0.455. The topological polar surface area (TPSA) is 117 Å². The minimum atomic E-state index is -1.02. The second-order valence-electron chi connectivity index (χ2n) is 4.52. The van der Waals surface area contributed by atoms with Crippen molar-refractivity contribution in [1.29, 1.82) is 0 Å². The molecule has 1 aromatic rings. The molecule has 3 N–H and O–H groups in total. The molecule has 9 heteroatoms. The van der Waals surface area contributed by atoms with Crippen LogP contribution < -0.4 is 10.6 Å². The molecule has 0 saturated carbocycles. The van der Waals surface area contributed by atoms with Crippen molar-refractivity contribution in [1.82, 2.24) is 20.0 Å². The van der Waals surface area contributed by atoms with Gasteiger partial charge < -0.3 is 20.6 Å². The van der Waals surface area contributed by atoms with Crippen LogP contribution >= 0.6 is 0 Å². The van der Waals surface area contributed by atoms with Crippen molar-refractivity contribution in [3.05, 3.63) is 12.4 Å². The van der Waals surface area contributed by atoms with E-state index in [2.05, 4.69) is 15.7 Å². The Balaban J connectivity index is 1.87. The molecule has 0 radical (unpaired) electrons. The minimum absolute atomic E-state index is 0.123. The normalized spacial score (nSPS) is 18.1. The molecule has 0 aliphatic carbocycles. The summed E-state index contributed by atoms with van der Waals surface area (Å²) in [5.74, 6) is -1.15. The number of likely N-dealkylation sites (N-methyl/N-ethyl adjacent to an activating group) is 1. The van der Waals surface area contributed by atoms with Crippen LogP contribution in [0, 0.1) is 0 Å². The Hall–Kier alpha value is -2.58. The molecule has 1 unspecified atom stereocenters. The second kappa shape index (κ2) is 5.59. The van der Waals surface area contributed by atoms with E-state index in [1.54, 1.807) is 11.9 Å². The molecule has 20 heavy (non-hydrogen) atoms. The van der Waals surface area contributed by atoms with Crippen LogP contribution in [0.25, 0.3) is 0 Å². The summed E-state index contributed by atoms with van der Waals surface area (Å²) in [6.45, 7) is 0.329. The van der Waals surface area contributed by atoms with Gasteiger partial charge in [0.2, 0.25) is 5.91 Å². The number of anilines is 1. The number of nitrogens with one attached hydrogen (secondary N) is 2. The number of urea groups is 1. The SMILES string of the molecule is CN1CCC(NC(=O)Nc2cnn(CC(=O)O)c2)C1=O.